The van der Waals surface area contributed by atoms with Crippen LogP contribution in [0.1, 0.15) is 23.2 Å². The van der Waals surface area contributed by atoms with Gasteiger partial charge in [0.25, 0.3) is 5.91 Å². The minimum absolute atomic E-state index is 0.185. The number of nitrogens with one attached hydrogen (secondary N) is 1. The average Bonchev–Trinajstić information content (AvgIpc) is 3.11. The minimum atomic E-state index is -1.06. The van der Waals surface area contributed by atoms with Gasteiger partial charge in [-0.3, -0.25) is 4.79 Å². The molecule has 1 aliphatic carbocycles. The topological polar surface area (TPSA) is 52.6 Å². The molecule has 6 heteroatoms. The van der Waals surface area contributed by atoms with Crippen molar-refractivity contribution >= 4 is 5.91 Å². The predicted molar refractivity (Wildman–Crippen MR) is 70.6 cm³/mol. The lowest BCUT2D eigenvalue weighted by Crippen LogP contribution is -2.41. The molecule has 1 aromatic carbocycles. The number of amides is 1. The highest BCUT2D eigenvalue weighted by molar-refractivity contribution is 5.97. The molecule has 0 unspecified atom stereocenters. The Labute approximate surface area is 116 Å². The number of phenolic OH excluding ortho intramolecular Hbond substituents is 1. The molecule has 1 amide bonds. The van der Waals surface area contributed by atoms with Crippen molar-refractivity contribution in [1.82, 2.24) is 10.2 Å². The molecule has 1 atom stereocenters. The maximum atomic E-state index is 13.5. The molecule has 0 bridgehead atoms. The molecule has 2 N–H and O–H groups in total. The van der Waals surface area contributed by atoms with Crippen molar-refractivity contribution in [1.29, 1.82) is 0 Å². The normalized spacial score (nSPS) is 16.2. The quantitative estimate of drug-likeness (QED) is 0.866. The maximum absolute atomic E-state index is 13.5. The fraction of sp³-hybridized carbons (Fsp3) is 0.500. The first kappa shape index (κ1) is 14.7. The van der Waals surface area contributed by atoms with Crippen molar-refractivity contribution in [3.63, 3.8) is 0 Å². The molecule has 1 saturated carbocycles. The van der Waals surface area contributed by atoms with E-state index in [9.17, 15) is 18.7 Å². The molecule has 0 radical (unpaired) electrons. The van der Waals surface area contributed by atoms with Gasteiger partial charge in [0, 0.05) is 24.7 Å². The first-order valence-corrected chi connectivity index (χ1v) is 6.52. The van der Waals surface area contributed by atoms with Gasteiger partial charge in [-0.2, -0.15) is 0 Å². The third-order valence-electron chi connectivity index (χ3n) is 3.56. The molecule has 4 nitrogen and oxygen atoms in total. The third kappa shape index (κ3) is 3.25. The fourth-order valence-corrected chi connectivity index (χ4v) is 2.32. The molecule has 1 aliphatic rings. The van der Waals surface area contributed by atoms with E-state index >= 15 is 0 Å². The first-order valence-electron chi connectivity index (χ1n) is 6.52. The Morgan fingerprint density at radius 2 is 2.10 bits per heavy atom. The summed E-state index contributed by atoms with van der Waals surface area (Å²) in [5.41, 5.74) is -0.514. The Bertz CT molecular complexity index is 491. The zero-order chi connectivity index (χ0) is 14.9. The summed E-state index contributed by atoms with van der Waals surface area (Å²) < 4.78 is 26.4. The predicted octanol–water partition coefficient (Wildman–Crippen LogP) is 1.74. The molecule has 2 rings (SSSR count). The van der Waals surface area contributed by atoms with E-state index in [0.29, 0.717) is 18.5 Å². The van der Waals surface area contributed by atoms with Gasteiger partial charge in [-0.1, -0.05) is 0 Å². The van der Waals surface area contributed by atoms with Gasteiger partial charge < -0.3 is 15.3 Å². The van der Waals surface area contributed by atoms with Crippen LogP contribution in [0, 0.1) is 17.6 Å². The van der Waals surface area contributed by atoms with Crippen molar-refractivity contribution in [2.45, 2.75) is 18.9 Å². The van der Waals surface area contributed by atoms with Gasteiger partial charge in [-0.05, 0) is 32.9 Å². The lowest BCUT2D eigenvalue weighted by atomic mass is 10.1. The van der Waals surface area contributed by atoms with E-state index in [0.717, 1.165) is 18.9 Å². The van der Waals surface area contributed by atoms with Crippen LogP contribution in [0.15, 0.2) is 12.1 Å². The van der Waals surface area contributed by atoms with Crippen molar-refractivity contribution < 1.29 is 18.7 Å². The Balaban J connectivity index is 2.05. The van der Waals surface area contributed by atoms with Crippen molar-refractivity contribution in [2.75, 3.05) is 20.6 Å². The van der Waals surface area contributed by atoms with Crippen LogP contribution in [0.3, 0.4) is 0 Å². The summed E-state index contributed by atoms with van der Waals surface area (Å²) in [5.74, 6) is -2.86. The SMILES string of the molecule is CN(C)[C@@H](CNC(=O)c1c(O)cc(F)cc1F)C1CC1. The number of rotatable bonds is 5. The second-order valence-corrected chi connectivity index (χ2v) is 5.36. The van der Waals surface area contributed by atoms with Gasteiger partial charge in [0.1, 0.15) is 22.9 Å². The van der Waals surface area contributed by atoms with Crippen LogP contribution in [-0.2, 0) is 0 Å². The van der Waals surface area contributed by atoms with Crippen LogP contribution in [-0.4, -0.2) is 42.6 Å². The molecule has 0 saturated heterocycles. The van der Waals surface area contributed by atoms with E-state index in [1.165, 1.54) is 0 Å². The highest BCUT2D eigenvalue weighted by atomic mass is 19.1. The largest absolute Gasteiger partial charge is 0.507 e. The number of nitrogens with zero attached hydrogens (tertiary/aromatic N) is 1. The fourth-order valence-electron chi connectivity index (χ4n) is 2.32. The lowest BCUT2D eigenvalue weighted by molar-refractivity contribution is 0.0932. The summed E-state index contributed by atoms with van der Waals surface area (Å²) in [6.45, 7) is 0.368. The first-order chi connectivity index (χ1) is 9.40. The zero-order valence-corrected chi connectivity index (χ0v) is 11.5. The maximum Gasteiger partial charge on any atom is 0.258 e. The number of carbonyl (C=O) groups is 1. The summed E-state index contributed by atoms with van der Waals surface area (Å²) in [6.07, 6.45) is 2.24. The second-order valence-electron chi connectivity index (χ2n) is 5.36. The number of hydrogen-bond acceptors (Lipinski definition) is 3. The van der Waals surface area contributed by atoms with Crippen molar-refractivity contribution in [3.8, 4) is 5.75 Å². The van der Waals surface area contributed by atoms with Crippen LogP contribution in [0.4, 0.5) is 8.78 Å². The Hall–Kier alpha value is -1.69. The third-order valence-corrected chi connectivity index (χ3v) is 3.56. The number of aromatic hydroxyl groups is 1. The zero-order valence-electron chi connectivity index (χ0n) is 11.5. The van der Waals surface area contributed by atoms with Gasteiger partial charge in [-0.15, -0.1) is 0 Å². The van der Waals surface area contributed by atoms with E-state index < -0.39 is 28.9 Å². The van der Waals surface area contributed by atoms with Crippen LogP contribution in [0.25, 0.3) is 0 Å². The summed E-state index contributed by atoms with van der Waals surface area (Å²) in [5, 5.41) is 12.1. The number of likely N-dealkylation sites (N-methyl/N-ethyl adjacent to an activating group) is 1. The van der Waals surface area contributed by atoms with Gasteiger partial charge in [0.05, 0.1) is 0 Å². The van der Waals surface area contributed by atoms with Crippen LogP contribution < -0.4 is 5.32 Å². The molecular weight excluding hydrogens is 266 g/mol. The molecule has 0 aliphatic heterocycles. The highest BCUT2D eigenvalue weighted by Gasteiger charge is 2.33. The smallest absolute Gasteiger partial charge is 0.258 e. The highest BCUT2D eigenvalue weighted by Crippen LogP contribution is 2.34. The van der Waals surface area contributed by atoms with Crippen molar-refractivity contribution in [3.05, 3.63) is 29.3 Å². The molecule has 1 fully saturated rings. The summed E-state index contributed by atoms with van der Waals surface area (Å²) in [4.78, 5) is 13.9. The van der Waals surface area contributed by atoms with Gasteiger partial charge in [-0.25, -0.2) is 8.78 Å². The molecule has 0 spiro atoms. The van der Waals surface area contributed by atoms with Crippen molar-refractivity contribution in [2.24, 2.45) is 5.92 Å². The van der Waals surface area contributed by atoms with Crippen LogP contribution >= 0.6 is 0 Å². The summed E-state index contributed by atoms with van der Waals surface area (Å²) in [7, 11) is 3.84. The van der Waals surface area contributed by atoms with E-state index in [4.69, 9.17) is 0 Å². The standard InChI is InChI=1S/C14H18F2N2O2/c1-18(2)11(8-3-4-8)7-17-14(20)13-10(16)5-9(15)6-12(13)19/h5-6,8,11,19H,3-4,7H2,1-2H3,(H,17,20)/t11-/m0/s1. The van der Waals surface area contributed by atoms with Crippen LogP contribution in [0.5, 0.6) is 5.75 Å². The molecule has 0 heterocycles. The Kier molecular flexibility index (Phi) is 4.23. The number of halogens is 2. The summed E-state index contributed by atoms with van der Waals surface area (Å²) in [6, 6.07) is 1.49. The van der Waals surface area contributed by atoms with Gasteiger partial charge in [0.2, 0.25) is 0 Å². The molecular formula is C14H18F2N2O2. The van der Waals surface area contributed by atoms with E-state index in [2.05, 4.69) is 5.32 Å². The number of phenols is 1. The second kappa shape index (κ2) is 5.75. The molecule has 110 valence electrons. The average molecular weight is 284 g/mol. The lowest BCUT2D eigenvalue weighted by Gasteiger charge is -2.24. The van der Waals surface area contributed by atoms with Gasteiger partial charge in [0.15, 0.2) is 0 Å². The number of hydrogen-bond donors (Lipinski definition) is 2. The number of carbonyl (C=O) groups excluding carboxylic acids is 1. The Morgan fingerprint density at radius 3 is 2.60 bits per heavy atom. The molecule has 1 aromatic rings. The monoisotopic (exact) mass is 284 g/mol. The Morgan fingerprint density at radius 1 is 1.45 bits per heavy atom. The van der Waals surface area contributed by atoms with E-state index in [1.54, 1.807) is 0 Å². The number of benzene rings is 1. The molecule has 20 heavy (non-hydrogen) atoms. The minimum Gasteiger partial charge on any atom is -0.507 e. The van der Waals surface area contributed by atoms with Gasteiger partial charge >= 0.3 is 0 Å². The van der Waals surface area contributed by atoms with Crippen LogP contribution in [0.2, 0.25) is 0 Å². The molecule has 0 aromatic heterocycles. The van der Waals surface area contributed by atoms with E-state index in [1.807, 2.05) is 19.0 Å². The van der Waals surface area contributed by atoms with E-state index in [-0.39, 0.29) is 6.04 Å². The summed E-state index contributed by atoms with van der Waals surface area (Å²) >= 11 is 0.